The quantitative estimate of drug-likeness (QED) is 0.644. The molecule has 2 unspecified atom stereocenters. The lowest BCUT2D eigenvalue weighted by Crippen LogP contribution is -2.16. The summed E-state index contributed by atoms with van der Waals surface area (Å²) in [4.78, 5) is 9.42. The molecule has 0 saturated heterocycles. The van der Waals surface area contributed by atoms with Gasteiger partial charge in [0.15, 0.2) is 0 Å². The van der Waals surface area contributed by atoms with Crippen molar-refractivity contribution in [1.29, 1.82) is 0 Å². The maximum atomic E-state index is 5.64. The Bertz CT molecular complexity index is 442. The van der Waals surface area contributed by atoms with Crippen molar-refractivity contribution in [2.24, 2.45) is 11.8 Å². The lowest BCUT2D eigenvalue weighted by atomic mass is 10.00. The molecule has 2 rings (SSSR count). The van der Waals surface area contributed by atoms with Crippen molar-refractivity contribution in [3.8, 4) is 0 Å². The van der Waals surface area contributed by atoms with E-state index in [-0.39, 0.29) is 0 Å². The Kier molecular flexibility index (Phi) is 4.40. The number of anilines is 1. The number of hydrogen-bond acceptors (Lipinski definition) is 4. The predicted octanol–water partition coefficient (Wildman–Crippen LogP) is 3.49. The third-order valence-corrected chi connectivity index (χ3v) is 4.35. The van der Waals surface area contributed by atoms with Crippen molar-refractivity contribution < 1.29 is 0 Å². The van der Waals surface area contributed by atoms with Gasteiger partial charge in [-0.15, -0.1) is 0 Å². The van der Waals surface area contributed by atoms with E-state index in [9.17, 15) is 0 Å². The van der Waals surface area contributed by atoms with E-state index in [2.05, 4.69) is 38.1 Å². The number of hydrogen-bond donors (Lipinski definition) is 2. The summed E-state index contributed by atoms with van der Waals surface area (Å²) in [6.07, 6.45) is 5.01. The van der Waals surface area contributed by atoms with Gasteiger partial charge in [-0.05, 0) is 38.0 Å². The Labute approximate surface area is 116 Å². The van der Waals surface area contributed by atoms with E-state index in [1.165, 1.54) is 25.7 Å². The van der Waals surface area contributed by atoms with Gasteiger partial charge in [0.25, 0.3) is 0 Å². The van der Waals surface area contributed by atoms with E-state index in [4.69, 9.17) is 10.8 Å². The molecule has 0 radical (unpaired) electrons. The zero-order valence-electron chi connectivity index (χ0n) is 12.5. The standard InChI is InChI=1S/C15H26N4/c1-5-11-6-7-12(8-11)14-17-10(4)13(9(2)3)15(18-14)19-16/h9,11-12H,5-8,16H2,1-4H3,(H,17,18,19). The van der Waals surface area contributed by atoms with Crippen LogP contribution in [0.1, 0.15) is 75.4 Å². The van der Waals surface area contributed by atoms with Gasteiger partial charge in [-0.3, -0.25) is 0 Å². The number of nitrogens with zero attached hydrogens (tertiary/aromatic N) is 2. The van der Waals surface area contributed by atoms with Gasteiger partial charge in [-0.2, -0.15) is 0 Å². The van der Waals surface area contributed by atoms with E-state index < -0.39 is 0 Å². The van der Waals surface area contributed by atoms with Crippen LogP contribution in [-0.2, 0) is 0 Å². The minimum Gasteiger partial charge on any atom is -0.308 e. The Morgan fingerprint density at radius 2 is 2.05 bits per heavy atom. The molecule has 19 heavy (non-hydrogen) atoms. The van der Waals surface area contributed by atoms with Crippen molar-refractivity contribution in [3.05, 3.63) is 17.1 Å². The first-order valence-electron chi connectivity index (χ1n) is 7.41. The lowest BCUT2D eigenvalue weighted by Gasteiger charge is -2.17. The fourth-order valence-electron chi connectivity index (χ4n) is 3.27. The van der Waals surface area contributed by atoms with Crippen LogP contribution in [0.4, 0.5) is 5.82 Å². The molecule has 4 nitrogen and oxygen atoms in total. The molecule has 1 heterocycles. The van der Waals surface area contributed by atoms with Gasteiger partial charge in [0, 0.05) is 17.2 Å². The Morgan fingerprint density at radius 1 is 1.32 bits per heavy atom. The second-order valence-corrected chi connectivity index (χ2v) is 6.01. The molecule has 0 aliphatic heterocycles. The highest BCUT2D eigenvalue weighted by Gasteiger charge is 2.28. The highest BCUT2D eigenvalue weighted by Crippen LogP contribution is 2.39. The van der Waals surface area contributed by atoms with Crippen molar-refractivity contribution >= 4 is 5.82 Å². The van der Waals surface area contributed by atoms with Crippen molar-refractivity contribution in [2.75, 3.05) is 5.43 Å². The lowest BCUT2D eigenvalue weighted by molar-refractivity contribution is 0.516. The van der Waals surface area contributed by atoms with Crippen LogP contribution in [0.5, 0.6) is 0 Å². The third kappa shape index (κ3) is 2.89. The molecule has 1 saturated carbocycles. The van der Waals surface area contributed by atoms with Crippen molar-refractivity contribution in [2.45, 2.75) is 65.2 Å². The van der Waals surface area contributed by atoms with Gasteiger partial charge in [0.1, 0.15) is 11.6 Å². The Morgan fingerprint density at radius 3 is 2.58 bits per heavy atom. The number of rotatable bonds is 4. The molecule has 1 fully saturated rings. The number of aryl methyl sites for hydroxylation is 1. The molecule has 1 aromatic rings. The molecule has 0 aromatic carbocycles. The number of nitrogens with two attached hydrogens (primary N) is 1. The molecule has 0 bridgehead atoms. The third-order valence-electron chi connectivity index (χ3n) is 4.35. The highest BCUT2D eigenvalue weighted by atomic mass is 15.3. The highest BCUT2D eigenvalue weighted by molar-refractivity contribution is 5.47. The topological polar surface area (TPSA) is 63.8 Å². The molecular formula is C15H26N4. The first kappa shape index (κ1) is 14.3. The fraction of sp³-hybridized carbons (Fsp3) is 0.733. The average Bonchev–Trinajstić information content (AvgIpc) is 2.85. The predicted molar refractivity (Wildman–Crippen MR) is 79.0 cm³/mol. The monoisotopic (exact) mass is 262 g/mol. The molecule has 1 aliphatic rings. The molecule has 1 aliphatic carbocycles. The van der Waals surface area contributed by atoms with E-state index in [0.29, 0.717) is 11.8 Å². The van der Waals surface area contributed by atoms with Crippen molar-refractivity contribution in [3.63, 3.8) is 0 Å². The smallest absolute Gasteiger partial charge is 0.147 e. The summed E-state index contributed by atoms with van der Waals surface area (Å²) in [5.41, 5.74) is 4.95. The van der Waals surface area contributed by atoms with Gasteiger partial charge in [0.05, 0.1) is 0 Å². The molecule has 1 aromatic heterocycles. The van der Waals surface area contributed by atoms with Crippen molar-refractivity contribution in [1.82, 2.24) is 9.97 Å². The summed E-state index contributed by atoms with van der Waals surface area (Å²) in [6, 6.07) is 0. The van der Waals surface area contributed by atoms with E-state index in [0.717, 1.165) is 28.8 Å². The molecule has 2 atom stereocenters. The summed E-state index contributed by atoms with van der Waals surface area (Å²) >= 11 is 0. The van der Waals surface area contributed by atoms with E-state index in [1.807, 2.05) is 0 Å². The molecule has 3 N–H and O–H groups in total. The van der Waals surface area contributed by atoms with Gasteiger partial charge in [-0.1, -0.05) is 27.2 Å². The second-order valence-electron chi connectivity index (χ2n) is 6.01. The number of hydrazine groups is 1. The van der Waals surface area contributed by atoms with Crippen LogP contribution in [0.3, 0.4) is 0 Å². The van der Waals surface area contributed by atoms with Crippen LogP contribution in [0, 0.1) is 12.8 Å². The zero-order chi connectivity index (χ0) is 14.0. The maximum Gasteiger partial charge on any atom is 0.147 e. The van der Waals surface area contributed by atoms with Gasteiger partial charge < -0.3 is 5.43 Å². The van der Waals surface area contributed by atoms with Gasteiger partial charge in [0.2, 0.25) is 0 Å². The number of nitrogen functional groups attached to an aromatic ring is 1. The van der Waals surface area contributed by atoms with Crippen LogP contribution in [0.15, 0.2) is 0 Å². The number of aromatic nitrogens is 2. The van der Waals surface area contributed by atoms with Crippen LogP contribution in [0.25, 0.3) is 0 Å². The fourth-order valence-corrected chi connectivity index (χ4v) is 3.27. The summed E-state index contributed by atoms with van der Waals surface area (Å²) in [7, 11) is 0. The van der Waals surface area contributed by atoms with E-state index in [1.54, 1.807) is 0 Å². The summed E-state index contributed by atoms with van der Waals surface area (Å²) in [5, 5.41) is 0. The molecule has 0 spiro atoms. The first-order chi connectivity index (χ1) is 9.06. The largest absolute Gasteiger partial charge is 0.308 e. The normalized spacial score (nSPS) is 23.1. The van der Waals surface area contributed by atoms with Crippen LogP contribution >= 0.6 is 0 Å². The Hall–Kier alpha value is -1.16. The summed E-state index contributed by atoms with van der Waals surface area (Å²) in [6.45, 7) is 8.63. The minimum absolute atomic E-state index is 0.382. The first-order valence-corrected chi connectivity index (χ1v) is 7.41. The second kappa shape index (κ2) is 5.87. The summed E-state index contributed by atoms with van der Waals surface area (Å²) in [5.74, 6) is 9.15. The molecule has 106 valence electrons. The molecule has 0 amide bonds. The maximum absolute atomic E-state index is 5.64. The summed E-state index contributed by atoms with van der Waals surface area (Å²) < 4.78 is 0. The van der Waals surface area contributed by atoms with Gasteiger partial charge >= 0.3 is 0 Å². The van der Waals surface area contributed by atoms with Crippen LogP contribution < -0.4 is 11.3 Å². The van der Waals surface area contributed by atoms with Crippen LogP contribution in [-0.4, -0.2) is 9.97 Å². The average molecular weight is 262 g/mol. The van der Waals surface area contributed by atoms with Crippen LogP contribution in [0.2, 0.25) is 0 Å². The zero-order valence-corrected chi connectivity index (χ0v) is 12.5. The minimum atomic E-state index is 0.382. The Balaban J connectivity index is 2.31. The number of nitrogens with one attached hydrogen (secondary N) is 1. The van der Waals surface area contributed by atoms with Gasteiger partial charge in [-0.25, -0.2) is 15.8 Å². The SMILES string of the molecule is CCC1CCC(c2nc(C)c(C(C)C)c(NN)n2)C1. The molecular weight excluding hydrogens is 236 g/mol. The van der Waals surface area contributed by atoms with E-state index >= 15 is 0 Å². The molecule has 4 heteroatoms.